The monoisotopic (exact) mass is 311 g/mol. The maximum absolute atomic E-state index is 12.4. The molecule has 2 rings (SSSR count). The summed E-state index contributed by atoms with van der Waals surface area (Å²) in [6.45, 7) is 4.65. The highest BCUT2D eigenvalue weighted by Gasteiger charge is 2.25. The van der Waals surface area contributed by atoms with Gasteiger partial charge in [0.1, 0.15) is 4.90 Å². The molecule has 0 aromatic carbocycles. The molecule has 2 aromatic heterocycles. The predicted octanol–water partition coefficient (Wildman–Crippen LogP) is -0.295. The number of anilines is 1. The predicted molar refractivity (Wildman–Crippen MR) is 76.3 cm³/mol. The van der Waals surface area contributed by atoms with Crippen molar-refractivity contribution in [2.45, 2.75) is 25.3 Å². The van der Waals surface area contributed by atoms with Gasteiger partial charge in [-0.05, 0) is 20.9 Å². The van der Waals surface area contributed by atoms with Crippen molar-refractivity contribution in [3.8, 4) is 0 Å². The average molecular weight is 311 g/mol. The molecule has 114 valence electrons. The van der Waals surface area contributed by atoms with E-state index in [1.165, 1.54) is 12.4 Å². The molecule has 0 unspecified atom stereocenters. The summed E-state index contributed by atoms with van der Waals surface area (Å²) in [5, 5.41) is 14.5. The largest absolute Gasteiger partial charge is 0.318 e. The molecule has 0 aliphatic rings. The molecule has 0 bridgehead atoms. The molecule has 2 aromatic rings. The van der Waals surface area contributed by atoms with Gasteiger partial charge < -0.3 is 5.32 Å². The lowest BCUT2D eigenvalue weighted by molar-refractivity contribution is 0.566. The third-order valence-corrected chi connectivity index (χ3v) is 4.45. The molecule has 21 heavy (non-hydrogen) atoms. The lowest BCUT2D eigenvalue weighted by Crippen LogP contribution is -2.18. The van der Waals surface area contributed by atoms with E-state index >= 15 is 0 Å². The Hall–Kier alpha value is -2.07. The normalized spacial score (nSPS) is 11.6. The third kappa shape index (κ3) is 3.34. The van der Waals surface area contributed by atoms with Gasteiger partial charge in [0.25, 0.3) is 16.0 Å². The van der Waals surface area contributed by atoms with Crippen molar-refractivity contribution < 1.29 is 8.42 Å². The van der Waals surface area contributed by atoms with Crippen molar-refractivity contribution in [1.82, 2.24) is 30.3 Å². The van der Waals surface area contributed by atoms with Gasteiger partial charge in [-0.3, -0.25) is 4.68 Å². The minimum absolute atomic E-state index is 0.0701. The number of aromatic nitrogens is 5. The van der Waals surface area contributed by atoms with E-state index in [4.69, 9.17) is 0 Å². The molecule has 2 N–H and O–H groups in total. The number of sulfonamides is 1. The van der Waals surface area contributed by atoms with Crippen LogP contribution in [0.3, 0.4) is 0 Å². The maximum Gasteiger partial charge on any atom is 0.267 e. The van der Waals surface area contributed by atoms with Gasteiger partial charge in [-0.25, -0.2) is 18.1 Å². The van der Waals surface area contributed by atoms with E-state index in [0.29, 0.717) is 24.5 Å². The Bertz CT molecular complexity index is 712. The Morgan fingerprint density at radius 2 is 2.05 bits per heavy atom. The number of rotatable bonds is 6. The molecular formula is C11H17N7O2S. The number of nitrogens with one attached hydrogen (secondary N) is 2. The van der Waals surface area contributed by atoms with Crippen LogP contribution in [0, 0.1) is 13.8 Å². The Labute approximate surface area is 122 Å². The van der Waals surface area contributed by atoms with E-state index in [9.17, 15) is 8.42 Å². The standard InChI is InChI=1S/C11H17N7O2S/c1-8-10(9(2)18(16-8)7-6-12-3)21(19,20)17-11-13-4-5-14-15-11/h4-5,12H,6-7H2,1-3H3,(H,13,15,17). The van der Waals surface area contributed by atoms with Crippen LogP contribution in [0.5, 0.6) is 0 Å². The molecular weight excluding hydrogens is 294 g/mol. The number of aryl methyl sites for hydroxylation is 1. The second kappa shape index (κ2) is 6.14. The van der Waals surface area contributed by atoms with Crippen LogP contribution >= 0.6 is 0 Å². The minimum Gasteiger partial charge on any atom is -0.318 e. The molecule has 2 heterocycles. The first-order valence-corrected chi connectivity index (χ1v) is 7.79. The highest BCUT2D eigenvalue weighted by atomic mass is 32.2. The zero-order chi connectivity index (χ0) is 15.5. The molecule has 0 amide bonds. The second-order valence-electron chi connectivity index (χ2n) is 4.40. The Morgan fingerprint density at radius 3 is 2.67 bits per heavy atom. The number of nitrogens with zero attached hydrogens (tertiary/aromatic N) is 5. The zero-order valence-electron chi connectivity index (χ0n) is 12.0. The summed E-state index contributed by atoms with van der Waals surface area (Å²) in [7, 11) is -1.97. The van der Waals surface area contributed by atoms with Crippen LogP contribution in [0.2, 0.25) is 0 Å². The highest BCUT2D eigenvalue weighted by Crippen LogP contribution is 2.21. The summed E-state index contributed by atoms with van der Waals surface area (Å²) in [6, 6.07) is 0. The molecule has 9 nitrogen and oxygen atoms in total. The molecule has 10 heteroatoms. The fourth-order valence-corrected chi connectivity index (χ4v) is 3.33. The highest BCUT2D eigenvalue weighted by molar-refractivity contribution is 7.92. The lowest BCUT2D eigenvalue weighted by atomic mass is 10.4. The van der Waals surface area contributed by atoms with Crippen molar-refractivity contribution in [1.29, 1.82) is 0 Å². The summed E-state index contributed by atoms with van der Waals surface area (Å²) in [5.41, 5.74) is 0.999. The maximum atomic E-state index is 12.4. The molecule has 0 spiro atoms. The fraction of sp³-hybridized carbons (Fsp3) is 0.455. The van der Waals surface area contributed by atoms with Crippen LogP contribution in [0.1, 0.15) is 11.4 Å². The molecule has 0 aliphatic carbocycles. The van der Waals surface area contributed by atoms with E-state index < -0.39 is 10.0 Å². The average Bonchev–Trinajstić information content (AvgIpc) is 2.72. The van der Waals surface area contributed by atoms with E-state index in [2.05, 4.69) is 30.3 Å². The molecule has 0 fully saturated rings. The number of likely N-dealkylation sites (N-methyl/N-ethyl adjacent to an activating group) is 1. The van der Waals surface area contributed by atoms with Gasteiger partial charge >= 0.3 is 0 Å². The van der Waals surface area contributed by atoms with Crippen molar-refractivity contribution in [2.75, 3.05) is 18.3 Å². The first kappa shape index (κ1) is 15.3. The third-order valence-electron chi connectivity index (χ3n) is 2.87. The quantitative estimate of drug-likeness (QED) is 0.753. The van der Waals surface area contributed by atoms with Crippen LogP contribution in [-0.4, -0.2) is 47.0 Å². The Kier molecular flexibility index (Phi) is 4.48. The Balaban J connectivity index is 2.34. The fourth-order valence-electron chi connectivity index (χ4n) is 1.97. The van der Waals surface area contributed by atoms with Crippen molar-refractivity contribution >= 4 is 16.0 Å². The van der Waals surface area contributed by atoms with Crippen molar-refractivity contribution in [3.05, 3.63) is 23.8 Å². The van der Waals surface area contributed by atoms with Gasteiger partial charge in [-0.1, -0.05) is 0 Å². The zero-order valence-corrected chi connectivity index (χ0v) is 12.8. The van der Waals surface area contributed by atoms with Crippen LogP contribution < -0.4 is 10.0 Å². The van der Waals surface area contributed by atoms with Gasteiger partial charge in [0.2, 0.25) is 0 Å². The molecule has 0 aliphatic heterocycles. The molecule has 0 atom stereocenters. The van der Waals surface area contributed by atoms with Gasteiger partial charge in [0, 0.05) is 6.54 Å². The SMILES string of the molecule is CNCCn1nc(C)c(S(=O)(=O)Nc2nccnn2)c1C. The summed E-state index contributed by atoms with van der Waals surface area (Å²) in [4.78, 5) is 3.95. The summed E-state index contributed by atoms with van der Waals surface area (Å²) >= 11 is 0. The molecule has 0 saturated carbocycles. The second-order valence-corrected chi connectivity index (χ2v) is 6.02. The Morgan fingerprint density at radius 1 is 1.29 bits per heavy atom. The number of hydrogen-bond donors (Lipinski definition) is 2. The van der Waals surface area contributed by atoms with Crippen LogP contribution in [0.25, 0.3) is 0 Å². The topological polar surface area (TPSA) is 115 Å². The minimum atomic E-state index is -3.80. The first-order chi connectivity index (χ1) is 9.95. The van der Waals surface area contributed by atoms with Gasteiger partial charge in [-0.15, -0.1) is 5.10 Å². The van der Waals surface area contributed by atoms with Crippen molar-refractivity contribution in [2.24, 2.45) is 0 Å². The molecule has 0 saturated heterocycles. The van der Waals surface area contributed by atoms with Crippen LogP contribution in [-0.2, 0) is 16.6 Å². The summed E-state index contributed by atoms with van der Waals surface area (Å²) < 4.78 is 28.8. The summed E-state index contributed by atoms with van der Waals surface area (Å²) in [5.74, 6) is -0.0701. The number of hydrogen-bond acceptors (Lipinski definition) is 7. The van der Waals surface area contributed by atoms with Gasteiger partial charge in [0.05, 0.1) is 30.3 Å². The van der Waals surface area contributed by atoms with Gasteiger partial charge in [-0.2, -0.15) is 10.2 Å². The van der Waals surface area contributed by atoms with Crippen LogP contribution in [0.15, 0.2) is 17.3 Å². The first-order valence-electron chi connectivity index (χ1n) is 6.31. The lowest BCUT2D eigenvalue weighted by Gasteiger charge is -2.07. The van der Waals surface area contributed by atoms with Crippen LogP contribution in [0.4, 0.5) is 5.95 Å². The van der Waals surface area contributed by atoms with E-state index in [-0.39, 0.29) is 10.8 Å². The smallest absolute Gasteiger partial charge is 0.267 e. The van der Waals surface area contributed by atoms with E-state index in [0.717, 1.165) is 0 Å². The van der Waals surface area contributed by atoms with E-state index in [1.54, 1.807) is 18.5 Å². The van der Waals surface area contributed by atoms with Crippen molar-refractivity contribution in [3.63, 3.8) is 0 Å². The van der Waals surface area contributed by atoms with E-state index in [1.807, 2.05) is 7.05 Å². The van der Waals surface area contributed by atoms with Gasteiger partial charge in [0.15, 0.2) is 0 Å². The molecule has 0 radical (unpaired) electrons. The summed E-state index contributed by atoms with van der Waals surface area (Å²) in [6.07, 6.45) is 2.73.